The first-order chi connectivity index (χ1) is 10.5. The number of carbonyl (C=O) groups excluding carboxylic acids is 2. The fourth-order valence-corrected chi connectivity index (χ4v) is 2.63. The lowest BCUT2D eigenvalue weighted by molar-refractivity contribution is -0.111. The number of aryl methyl sites for hydroxylation is 1. The molecule has 3 heteroatoms. The molecule has 0 N–H and O–H groups in total. The molecule has 0 bridgehead atoms. The fraction of sp³-hybridized carbons (Fsp3) is 0.158. The molecule has 2 aliphatic rings. The molecule has 0 aliphatic heterocycles. The number of hydrogen-bond donors (Lipinski definition) is 0. The Morgan fingerprint density at radius 2 is 1.91 bits per heavy atom. The number of hydrogen-bond acceptors (Lipinski definition) is 3. The van der Waals surface area contributed by atoms with Gasteiger partial charge in [0, 0.05) is 11.1 Å². The van der Waals surface area contributed by atoms with E-state index in [-0.39, 0.29) is 0 Å². The van der Waals surface area contributed by atoms with Gasteiger partial charge in [-0.1, -0.05) is 37.0 Å². The number of carbonyl (C=O) groups is 2. The van der Waals surface area contributed by atoms with Crippen LogP contribution in [0.2, 0.25) is 0 Å². The normalized spacial score (nSPS) is 21.2. The van der Waals surface area contributed by atoms with Gasteiger partial charge in [-0.2, -0.15) is 0 Å². The summed E-state index contributed by atoms with van der Waals surface area (Å²) in [6.45, 7) is 7.76. The first kappa shape index (κ1) is 14.3. The lowest BCUT2D eigenvalue weighted by atomic mass is 9.85. The standard InChI is InChI=1S/C19H16O3/c1-11-6-4-5-7-14-15(9-8-12(11)2)19-16(13(3)10-22-19)18(21)17(14)20/h4-6,8-10H,2,7H2,1,3H3/b5-4-,9-8-,11-6?. The molecule has 0 fully saturated rings. The summed E-state index contributed by atoms with van der Waals surface area (Å²) in [5.74, 6) is -0.450. The number of Topliss-reactive ketones (excluding diaryl/α,β-unsaturated/α-hetero) is 2. The second-order valence-corrected chi connectivity index (χ2v) is 5.51. The Labute approximate surface area is 129 Å². The highest BCUT2D eigenvalue weighted by molar-refractivity contribution is 6.52. The second kappa shape index (κ2) is 5.26. The van der Waals surface area contributed by atoms with Gasteiger partial charge in [0.05, 0.1) is 11.8 Å². The van der Waals surface area contributed by atoms with E-state index in [1.54, 1.807) is 6.92 Å². The van der Waals surface area contributed by atoms with Gasteiger partial charge in [0.15, 0.2) is 0 Å². The molecule has 3 nitrogen and oxygen atoms in total. The Bertz CT molecular complexity index is 823. The monoisotopic (exact) mass is 292 g/mol. The van der Waals surface area contributed by atoms with Crippen LogP contribution in [-0.4, -0.2) is 11.6 Å². The quantitative estimate of drug-likeness (QED) is 0.676. The van der Waals surface area contributed by atoms with Gasteiger partial charge in [0.25, 0.3) is 0 Å². The third-order valence-electron chi connectivity index (χ3n) is 4.01. The second-order valence-electron chi connectivity index (χ2n) is 5.51. The van der Waals surface area contributed by atoms with Crippen molar-refractivity contribution in [1.82, 2.24) is 0 Å². The average Bonchev–Trinajstić information content (AvgIpc) is 2.88. The van der Waals surface area contributed by atoms with Crippen LogP contribution in [0.5, 0.6) is 0 Å². The zero-order valence-electron chi connectivity index (χ0n) is 12.6. The number of ketones is 2. The van der Waals surface area contributed by atoms with Gasteiger partial charge >= 0.3 is 0 Å². The molecule has 0 atom stereocenters. The molecule has 0 unspecified atom stereocenters. The van der Waals surface area contributed by atoms with Gasteiger partial charge < -0.3 is 4.42 Å². The van der Waals surface area contributed by atoms with E-state index in [9.17, 15) is 9.59 Å². The van der Waals surface area contributed by atoms with Crippen LogP contribution in [0.25, 0.3) is 5.57 Å². The SMILES string of the molecule is C=C1/C=C\C2=C(C/C=C\C=C1C)C(=O)C(=O)c1c(C)coc12. The number of allylic oxidation sites excluding steroid dienone is 9. The largest absolute Gasteiger partial charge is 0.463 e. The van der Waals surface area contributed by atoms with Crippen LogP contribution in [0.1, 0.15) is 35.0 Å². The average molecular weight is 292 g/mol. The minimum absolute atomic E-state index is 0.382. The fourth-order valence-electron chi connectivity index (χ4n) is 2.63. The molecule has 2 aliphatic carbocycles. The molecule has 0 saturated heterocycles. The molecule has 0 saturated carbocycles. The zero-order valence-corrected chi connectivity index (χ0v) is 12.6. The van der Waals surface area contributed by atoms with Crippen LogP contribution < -0.4 is 0 Å². The Hall–Kier alpha value is -2.68. The third-order valence-corrected chi connectivity index (χ3v) is 4.01. The van der Waals surface area contributed by atoms with Crippen LogP contribution in [0.3, 0.4) is 0 Å². The van der Waals surface area contributed by atoms with Crippen molar-refractivity contribution in [3.05, 3.63) is 76.8 Å². The molecule has 22 heavy (non-hydrogen) atoms. The Kier molecular flexibility index (Phi) is 3.41. The van der Waals surface area contributed by atoms with E-state index in [0.717, 1.165) is 11.1 Å². The van der Waals surface area contributed by atoms with E-state index < -0.39 is 11.6 Å². The highest BCUT2D eigenvalue weighted by Crippen LogP contribution is 2.35. The van der Waals surface area contributed by atoms with Crippen molar-refractivity contribution in [3.63, 3.8) is 0 Å². The molecular weight excluding hydrogens is 276 g/mol. The predicted octanol–water partition coefficient (Wildman–Crippen LogP) is 4.13. The van der Waals surface area contributed by atoms with Gasteiger partial charge in [-0.3, -0.25) is 9.59 Å². The van der Waals surface area contributed by atoms with Crippen LogP contribution in [0.4, 0.5) is 0 Å². The van der Waals surface area contributed by atoms with Gasteiger partial charge in [-0.15, -0.1) is 0 Å². The first-order valence-corrected chi connectivity index (χ1v) is 7.12. The minimum atomic E-state index is -0.482. The molecule has 0 amide bonds. The molecule has 3 rings (SSSR count). The molecular formula is C19H16O3. The number of fused-ring (bicyclic) bond motifs is 2. The summed E-state index contributed by atoms with van der Waals surface area (Å²) in [6.07, 6.45) is 11.3. The Morgan fingerprint density at radius 1 is 1.14 bits per heavy atom. The van der Waals surface area contributed by atoms with Gasteiger partial charge in [-0.25, -0.2) is 0 Å². The van der Waals surface area contributed by atoms with Crippen molar-refractivity contribution in [2.45, 2.75) is 20.3 Å². The summed E-state index contributed by atoms with van der Waals surface area (Å²) in [5, 5.41) is 0. The van der Waals surface area contributed by atoms with Gasteiger partial charge in [0.1, 0.15) is 5.76 Å². The highest BCUT2D eigenvalue weighted by Gasteiger charge is 2.34. The number of rotatable bonds is 0. The lowest BCUT2D eigenvalue weighted by Gasteiger charge is -2.16. The van der Waals surface area contributed by atoms with E-state index in [0.29, 0.717) is 34.5 Å². The highest BCUT2D eigenvalue weighted by atomic mass is 16.3. The molecule has 0 aromatic carbocycles. The first-order valence-electron chi connectivity index (χ1n) is 7.12. The van der Waals surface area contributed by atoms with Gasteiger partial charge in [0.2, 0.25) is 11.6 Å². The maximum atomic E-state index is 12.4. The summed E-state index contributed by atoms with van der Waals surface area (Å²) in [5.41, 5.74) is 4.12. The van der Waals surface area contributed by atoms with Gasteiger partial charge in [-0.05, 0) is 37.0 Å². The predicted molar refractivity (Wildman–Crippen MR) is 85.5 cm³/mol. The molecule has 1 heterocycles. The van der Waals surface area contributed by atoms with E-state index >= 15 is 0 Å². The van der Waals surface area contributed by atoms with E-state index in [4.69, 9.17) is 4.42 Å². The van der Waals surface area contributed by atoms with Crippen LogP contribution in [0.15, 0.2) is 64.4 Å². The van der Waals surface area contributed by atoms with Crippen LogP contribution in [0, 0.1) is 6.92 Å². The minimum Gasteiger partial charge on any atom is -0.463 e. The smallest absolute Gasteiger partial charge is 0.237 e. The summed E-state index contributed by atoms with van der Waals surface area (Å²) in [7, 11) is 0. The van der Waals surface area contributed by atoms with E-state index in [1.165, 1.54) is 6.26 Å². The van der Waals surface area contributed by atoms with Crippen molar-refractivity contribution in [2.75, 3.05) is 0 Å². The third kappa shape index (κ3) is 2.15. The molecule has 1 aromatic rings. The maximum absolute atomic E-state index is 12.4. The lowest BCUT2D eigenvalue weighted by Crippen LogP contribution is -2.23. The van der Waals surface area contributed by atoms with E-state index in [1.807, 2.05) is 37.3 Å². The summed E-state index contributed by atoms with van der Waals surface area (Å²) < 4.78 is 5.55. The Balaban J connectivity index is 2.23. The molecule has 0 spiro atoms. The van der Waals surface area contributed by atoms with Crippen molar-refractivity contribution in [3.8, 4) is 0 Å². The van der Waals surface area contributed by atoms with Crippen molar-refractivity contribution < 1.29 is 14.0 Å². The topological polar surface area (TPSA) is 47.3 Å². The molecule has 110 valence electrons. The number of furan rings is 1. The van der Waals surface area contributed by atoms with Crippen molar-refractivity contribution in [1.29, 1.82) is 0 Å². The maximum Gasteiger partial charge on any atom is 0.237 e. The molecule has 0 radical (unpaired) electrons. The van der Waals surface area contributed by atoms with E-state index in [2.05, 4.69) is 6.58 Å². The van der Waals surface area contributed by atoms with Crippen LogP contribution in [-0.2, 0) is 4.79 Å². The molecule has 1 aromatic heterocycles. The van der Waals surface area contributed by atoms with Crippen molar-refractivity contribution in [2.24, 2.45) is 0 Å². The summed E-state index contributed by atoms with van der Waals surface area (Å²) in [6, 6.07) is 0. The zero-order chi connectivity index (χ0) is 15.9. The Morgan fingerprint density at radius 3 is 2.68 bits per heavy atom. The van der Waals surface area contributed by atoms with Crippen LogP contribution >= 0.6 is 0 Å². The summed E-state index contributed by atoms with van der Waals surface area (Å²) >= 11 is 0. The van der Waals surface area contributed by atoms with Crippen molar-refractivity contribution >= 4 is 17.1 Å². The summed E-state index contributed by atoms with van der Waals surface area (Å²) in [4.78, 5) is 24.7.